The number of piperidine rings is 1. The van der Waals surface area contributed by atoms with Gasteiger partial charge in [0.15, 0.2) is 5.78 Å². The predicted molar refractivity (Wildman–Crippen MR) is 70.5 cm³/mol. The van der Waals surface area contributed by atoms with Crippen LogP contribution in [0.25, 0.3) is 0 Å². The first-order valence-electron chi connectivity index (χ1n) is 6.73. The Morgan fingerprint density at radius 1 is 1.16 bits per heavy atom. The highest BCUT2D eigenvalue weighted by atomic mass is 16.4. The molecule has 4 nitrogen and oxygen atoms in total. The van der Waals surface area contributed by atoms with E-state index in [-0.39, 0.29) is 11.2 Å². The smallest absolute Gasteiger partial charge is 0.407 e. The molecule has 1 fully saturated rings. The van der Waals surface area contributed by atoms with Crippen LogP contribution in [0.5, 0.6) is 0 Å². The van der Waals surface area contributed by atoms with Crippen LogP contribution in [0.4, 0.5) is 4.79 Å². The zero-order valence-electron chi connectivity index (χ0n) is 10.8. The lowest BCUT2D eigenvalue weighted by Gasteiger charge is -2.44. The molecular formula is C15H17NO3. The fourth-order valence-corrected chi connectivity index (χ4v) is 3.46. The maximum atomic E-state index is 12.0. The maximum absolute atomic E-state index is 12.0. The third-order valence-electron chi connectivity index (χ3n) is 4.62. The predicted octanol–water partition coefficient (Wildman–Crippen LogP) is 2.67. The summed E-state index contributed by atoms with van der Waals surface area (Å²) in [7, 11) is 0. The van der Waals surface area contributed by atoms with Gasteiger partial charge in [-0.05, 0) is 30.2 Å². The molecular weight excluding hydrogens is 242 g/mol. The molecule has 1 aliphatic carbocycles. The van der Waals surface area contributed by atoms with Gasteiger partial charge in [-0.1, -0.05) is 24.3 Å². The standard InChI is InChI=1S/C15H17NO3/c17-13-5-6-15(12-4-2-1-3-11(12)13)7-9-16(10-8-15)14(18)19/h1-4H,5-10H2,(H,18,19). The van der Waals surface area contributed by atoms with E-state index >= 15 is 0 Å². The van der Waals surface area contributed by atoms with Gasteiger partial charge in [-0.25, -0.2) is 4.79 Å². The van der Waals surface area contributed by atoms with Gasteiger partial charge >= 0.3 is 6.09 Å². The van der Waals surface area contributed by atoms with Crippen molar-refractivity contribution in [1.29, 1.82) is 0 Å². The summed E-state index contributed by atoms with van der Waals surface area (Å²) in [5.41, 5.74) is 1.99. The highest BCUT2D eigenvalue weighted by Gasteiger charge is 2.42. The minimum absolute atomic E-state index is 0.0104. The highest BCUT2D eigenvalue weighted by Crippen LogP contribution is 2.44. The minimum Gasteiger partial charge on any atom is -0.465 e. The monoisotopic (exact) mass is 259 g/mol. The van der Waals surface area contributed by atoms with Crippen LogP contribution in [0.15, 0.2) is 24.3 Å². The van der Waals surface area contributed by atoms with Crippen LogP contribution in [0, 0.1) is 0 Å². The van der Waals surface area contributed by atoms with E-state index in [4.69, 9.17) is 5.11 Å². The SMILES string of the molecule is O=C1CCC2(CCN(C(=O)O)CC2)c2ccccc21. The van der Waals surface area contributed by atoms with Gasteiger partial charge in [0, 0.05) is 25.1 Å². The van der Waals surface area contributed by atoms with E-state index in [2.05, 4.69) is 0 Å². The van der Waals surface area contributed by atoms with Crippen LogP contribution in [0.1, 0.15) is 41.6 Å². The fourth-order valence-electron chi connectivity index (χ4n) is 3.46. The number of ketones is 1. The second-order valence-corrected chi connectivity index (χ2v) is 5.52. The molecule has 100 valence electrons. The average Bonchev–Trinajstić information content (AvgIpc) is 2.44. The molecule has 0 aromatic heterocycles. The Morgan fingerprint density at radius 3 is 2.53 bits per heavy atom. The first-order valence-corrected chi connectivity index (χ1v) is 6.73. The normalized spacial score (nSPS) is 21.3. The van der Waals surface area contributed by atoms with E-state index in [1.807, 2.05) is 24.3 Å². The van der Waals surface area contributed by atoms with Crippen LogP contribution < -0.4 is 0 Å². The van der Waals surface area contributed by atoms with Crippen LogP contribution in [-0.2, 0) is 5.41 Å². The van der Waals surface area contributed by atoms with Crippen molar-refractivity contribution in [1.82, 2.24) is 4.90 Å². The second-order valence-electron chi connectivity index (χ2n) is 5.52. The molecule has 1 saturated heterocycles. The summed E-state index contributed by atoms with van der Waals surface area (Å²) in [6.07, 6.45) is 2.25. The van der Waals surface area contributed by atoms with E-state index in [0.717, 1.165) is 30.4 Å². The van der Waals surface area contributed by atoms with Crippen molar-refractivity contribution >= 4 is 11.9 Å². The largest absolute Gasteiger partial charge is 0.465 e. The zero-order chi connectivity index (χ0) is 13.5. The second kappa shape index (κ2) is 4.37. The van der Waals surface area contributed by atoms with Crippen molar-refractivity contribution in [3.05, 3.63) is 35.4 Å². The average molecular weight is 259 g/mol. The molecule has 0 radical (unpaired) electrons. The molecule has 0 unspecified atom stereocenters. The summed E-state index contributed by atoms with van der Waals surface area (Å²) in [4.78, 5) is 24.5. The number of hydrogen-bond acceptors (Lipinski definition) is 2. The molecule has 1 aromatic carbocycles. The lowest BCUT2D eigenvalue weighted by atomic mass is 9.64. The first kappa shape index (κ1) is 12.2. The number of nitrogens with zero attached hydrogens (tertiary/aromatic N) is 1. The van der Waals surface area contributed by atoms with E-state index in [1.165, 1.54) is 4.90 Å². The Morgan fingerprint density at radius 2 is 1.84 bits per heavy atom. The van der Waals surface area contributed by atoms with Crippen molar-refractivity contribution in [3.8, 4) is 0 Å². The Hall–Kier alpha value is -1.84. The van der Waals surface area contributed by atoms with Gasteiger partial charge in [-0.15, -0.1) is 0 Å². The number of carbonyl (C=O) groups excluding carboxylic acids is 1. The maximum Gasteiger partial charge on any atom is 0.407 e. The molecule has 0 atom stereocenters. The summed E-state index contributed by atoms with van der Waals surface area (Å²) in [5, 5.41) is 9.03. The van der Waals surface area contributed by atoms with Crippen molar-refractivity contribution in [2.45, 2.75) is 31.1 Å². The summed E-state index contributed by atoms with van der Waals surface area (Å²) in [6, 6.07) is 7.83. The van der Waals surface area contributed by atoms with Gasteiger partial charge in [0.2, 0.25) is 0 Å². The highest BCUT2D eigenvalue weighted by molar-refractivity contribution is 5.99. The summed E-state index contributed by atoms with van der Waals surface area (Å²) in [6.45, 7) is 1.13. The number of benzene rings is 1. The molecule has 1 heterocycles. The summed E-state index contributed by atoms with van der Waals surface area (Å²) < 4.78 is 0. The number of hydrogen-bond donors (Lipinski definition) is 1. The van der Waals surface area contributed by atoms with Gasteiger partial charge in [0.05, 0.1) is 0 Å². The number of likely N-dealkylation sites (tertiary alicyclic amines) is 1. The van der Waals surface area contributed by atoms with Crippen molar-refractivity contribution in [3.63, 3.8) is 0 Å². The molecule has 2 aliphatic rings. The zero-order valence-corrected chi connectivity index (χ0v) is 10.8. The molecule has 1 aliphatic heterocycles. The first-order chi connectivity index (χ1) is 9.12. The van der Waals surface area contributed by atoms with E-state index in [1.54, 1.807) is 0 Å². The quantitative estimate of drug-likeness (QED) is 0.779. The minimum atomic E-state index is -0.838. The van der Waals surface area contributed by atoms with Gasteiger partial charge < -0.3 is 10.0 Å². The Labute approximate surface area is 112 Å². The fraction of sp³-hybridized carbons (Fsp3) is 0.467. The Kier molecular flexibility index (Phi) is 2.81. The number of Topliss-reactive ketones (excluding diaryl/α,β-unsaturated/α-hetero) is 1. The summed E-state index contributed by atoms with van der Waals surface area (Å²) >= 11 is 0. The molecule has 0 bridgehead atoms. The van der Waals surface area contributed by atoms with Crippen molar-refractivity contribution in [2.75, 3.05) is 13.1 Å². The van der Waals surface area contributed by atoms with E-state index in [9.17, 15) is 9.59 Å². The number of carbonyl (C=O) groups is 2. The number of amides is 1. The van der Waals surface area contributed by atoms with E-state index < -0.39 is 6.09 Å². The topological polar surface area (TPSA) is 57.6 Å². The number of rotatable bonds is 0. The molecule has 1 aromatic rings. The lowest BCUT2D eigenvalue weighted by molar-refractivity contribution is 0.0885. The Balaban J connectivity index is 1.93. The molecule has 4 heteroatoms. The third kappa shape index (κ3) is 1.91. The van der Waals surface area contributed by atoms with Crippen molar-refractivity contribution < 1.29 is 14.7 Å². The van der Waals surface area contributed by atoms with Crippen LogP contribution in [0.3, 0.4) is 0 Å². The van der Waals surface area contributed by atoms with Gasteiger partial charge in [0.1, 0.15) is 0 Å². The van der Waals surface area contributed by atoms with Crippen LogP contribution in [-0.4, -0.2) is 35.0 Å². The molecule has 1 N–H and O–H groups in total. The van der Waals surface area contributed by atoms with Crippen LogP contribution >= 0.6 is 0 Å². The molecule has 3 rings (SSSR count). The van der Waals surface area contributed by atoms with Gasteiger partial charge in [-0.3, -0.25) is 4.79 Å². The third-order valence-corrected chi connectivity index (χ3v) is 4.62. The van der Waals surface area contributed by atoms with Crippen molar-refractivity contribution in [2.24, 2.45) is 0 Å². The molecule has 1 spiro atoms. The molecule has 1 amide bonds. The number of fused-ring (bicyclic) bond motifs is 2. The number of carboxylic acid groups (broad SMARTS) is 1. The van der Waals surface area contributed by atoms with Crippen LogP contribution in [0.2, 0.25) is 0 Å². The molecule has 19 heavy (non-hydrogen) atoms. The summed E-state index contributed by atoms with van der Waals surface area (Å²) in [5.74, 6) is 0.224. The molecule has 0 saturated carbocycles. The van der Waals surface area contributed by atoms with Gasteiger partial charge in [-0.2, -0.15) is 0 Å². The lowest BCUT2D eigenvalue weighted by Crippen LogP contribution is -2.46. The Bertz CT molecular complexity index is 530. The van der Waals surface area contributed by atoms with E-state index in [0.29, 0.717) is 19.5 Å². The van der Waals surface area contributed by atoms with Gasteiger partial charge in [0.25, 0.3) is 0 Å².